The molecule has 0 aliphatic carbocycles. The highest BCUT2D eigenvalue weighted by Crippen LogP contribution is 2.26. The van der Waals surface area contributed by atoms with Crippen molar-refractivity contribution in [3.8, 4) is 5.69 Å². The van der Waals surface area contributed by atoms with Gasteiger partial charge in [0.1, 0.15) is 5.57 Å². The number of methoxy groups -OCH3 is 1. The summed E-state index contributed by atoms with van der Waals surface area (Å²) in [6.45, 7) is 3.82. The Labute approximate surface area is 179 Å². The number of para-hydroxylation sites is 1. The van der Waals surface area contributed by atoms with Crippen molar-refractivity contribution < 1.29 is 19.1 Å². The standard InChI is InChI=1S/C24H21N3O4/c1-15-12-18(16(2)26(15)20-11-7-8-17(13-20)24(30)31-3)14-21-22(28)25-27(23(21)29)19-9-5-4-6-10-19/h4-14H,1-3H3,(H,25,28). The number of hydrazine groups is 1. The first kappa shape index (κ1) is 20.2. The number of amides is 2. The second kappa shape index (κ2) is 7.95. The topological polar surface area (TPSA) is 80.6 Å². The Bertz CT molecular complexity index is 1220. The molecule has 2 amide bonds. The number of esters is 1. The second-order valence-corrected chi connectivity index (χ2v) is 7.18. The maximum atomic E-state index is 12.9. The third-order valence-corrected chi connectivity index (χ3v) is 5.20. The Morgan fingerprint density at radius 1 is 0.968 bits per heavy atom. The predicted octanol–water partition coefficient (Wildman–Crippen LogP) is 3.34. The van der Waals surface area contributed by atoms with Gasteiger partial charge in [0.05, 0.1) is 18.4 Å². The van der Waals surface area contributed by atoms with Crippen LogP contribution in [0.4, 0.5) is 5.69 Å². The largest absolute Gasteiger partial charge is 0.465 e. The van der Waals surface area contributed by atoms with Crippen LogP contribution in [0.3, 0.4) is 0 Å². The van der Waals surface area contributed by atoms with Crippen molar-refractivity contribution in [3.63, 3.8) is 0 Å². The molecule has 4 rings (SSSR count). The van der Waals surface area contributed by atoms with E-state index in [0.29, 0.717) is 11.3 Å². The fraction of sp³-hybridized carbons (Fsp3) is 0.125. The van der Waals surface area contributed by atoms with Crippen LogP contribution in [0.5, 0.6) is 0 Å². The molecule has 2 heterocycles. The summed E-state index contributed by atoms with van der Waals surface area (Å²) < 4.78 is 6.77. The SMILES string of the molecule is COC(=O)c1cccc(-n2c(C)cc(C=C3C(=O)NN(c4ccccc4)C3=O)c2C)c1. The summed E-state index contributed by atoms with van der Waals surface area (Å²) in [7, 11) is 1.34. The lowest BCUT2D eigenvalue weighted by molar-refractivity contribution is -0.117. The second-order valence-electron chi connectivity index (χ2n) is 7.18. The van der Waals surface area contributed by atoms with Gasteiger partial charge in [-0.05, 0) is 61.9 Å². The Balaban J connectivity index is 1.71. The number of nitrogens with one attached hydrogen (secondary N) is 1. The number of ether oxygens (including phenoxy) is 1. The molecule has 1 saturated heterocycles. The summed E-state index contributed by atoms with van der Waals surface area (Å²) in [4.78, 5) is 37.3. The minimum absolute atomic E-state index is 0.0624. The van der Waals surface area contributed by atoms with Crippen LogP contribution in [-0.2, 0) is 14.3 Å². The Kier molecular flexibility index (Phi) is 5.17. The molecule has 3 aromatic rings. The Morgan fingerprint density at radius 3 is 2.39 bits per heavy atom. The number of benzene rings is 2. The molecule has 2 aromatic carbocycles. The molecule has 1 aliphatic rings. The molecule has 0 spiro atoms. The highest BCUT2D eigenvalue weighted by atomic mass is 16.5. The highest BCUT2D eigenvalue weighted by Gasteiger charge is 2.34. The van der Waals surface area contributed by atoms with E-state index in [1.54, 1.807) is 48.5 Å². The molecule has 7 nitrogen and oxygen atoms in total. The van der Waals surface area contributed by atoms with Gasteiger partial charge in [0.15, 0.2) is 0 Å². The fourth-order valence-corrected chi connectivity index (χ4v) is 3.69. The number of hydrogen-bond donors (Lipinski definition) is 1. The molecule has 0 saturated carbocycles. The molecule has 1 N–H and O–H groups in total. The van der Waals surface area contributed by atoms with Crippen molar-refractivity contribution >= 4 is 29.5 Å². The summed E-state index contributed by atoms with van der Waals surface area (Å²) in [6.07, 6.45) is 1.60. The van der Waals surface area contributed by atoms with E-state index in [9.17, 15) is 14.4 Å². The average Bonchev–Trinajstić information content (AvgIpc) is 3.23. The molecular weight excluding hydrogens is 394 g/mol. The number of rotatable bonds is 4. The van der Waals surface area contributed by atoms with Crippen molar-refractivity contribution in [3.05, 3.63) is 88.8 Å². The number of anilines is 1. The molecule has 0 bridgehead atoms. The van der Waals surface area contributed by atoms with Crippen LogP contribution in [-0.4, -0.2) is 29.5 Å². The van der Waals surface area contributed by atoms with Gasteiger partial charge in [-0.1, -0.05) is 24.3 Å². The van der Waals surface area contributed by atoms with Gasteiger partial charge in [0.2, 0.25) is 0 Å². The Morgan fingerprint density at radius 2 is 1.68 bits per heavy atom. The van der Waals surface area contributed by atoms with Crippen LogP contribution in [0.1, 0.15) is 27.3 Å². The summed E-state index contributed by atoms with van der Waals surface area (Å²) in [5.74, 6) is -1.28. The van der Waals surface area contributed by atoms with Crippen LogP contribution < -0.4 is 10.4 Å². The van der Waals surface area contributed by atoms with Crippen molar-refractivity contribution in [1.82, 2.24) is 9.99 Å². The van der Waals surface area contributed by atoms with Gasteiger partial charge in [-0.3, -0.25) is 15.0 Å². The third kappa shape index (κ3) is 3.61. The lowest BCUT2D eigenvalue weighted by Crippen LogP contribution is -2.35. The van der Waals surface area contributed by atoms with Gasteiger partial charge in [-0.25, -0.2) is 9.80 Å². The van der Waals surface area contributed by atoms with Crippen LogP contribution >= 0.6 is 0 Å². The van der Waals surface area contributed by atoms with Gasteiger partial charge >= 0.3 is 5.97 Å². The fourth-order valence-electron chi connectivity index (χ4n) is 3.69. The van der Waals surface area contributed by atoms with E-state index in [0.717, 1.165) is 22.6 Å². The van der Waals surface area contributed by atoms with Crippen LogP contribution in [0.25, 0.3) is 11.8 Å². The number of hydrogen-bond acceptors (Lipinski definition) is 4. The molecule has 31 heavy (non-hydrogen) atoms. The minimum Gasteiger partial charge on any atom is -0.465 e. The van der Waals surface area contributed by atoms with Gasteiger partial charge in [0.25, 0.3) is 11.8 Å². The first-order valence-corrected chi connectivity index (χ1v) is 9.70. The molecule has 0 atom stereocenters. The summed E-state index contributed by atoms with van der Waals surface area (Å²) >= 11 is 0. The number of carbonyl (C=O) groups excluding carboxylic acids is 3. The van der Waals surface area contributed by atoms with Crippen molar-refractivity contribution in [2.75, 3.05) is 12.1 Å². The summed E-state index contributed by atoms with van der Waals surface area (Å²) in [5.41, 5.74) is 6.97. The maximum absolute atomic E-state index is 12.9. The normalized spacial score (nSPS) is 14.8. The van der Waals surface area contributed by atoms with Crippen molar-refractivity contribution in [2.24, 2.45) is 0 Å². The molecular formula is C24H21N3O4. The molecule has 7 heteroatoms. The first-order chi connectivity index (χ1) is 14.9. The zero-order chi connectivity index (χ0) is 22.1. The molecule has 1 aromatic heterocycles. The highest BCUT2D eigenvalue weighted by molar-refractivity contribution is 6.31. The van der Waals surface area contributed by atoms with E-state index in [1.165, 1.54) is 12.1 Å². The predicted molar refractivity (Wildman–Crippen MR) is 117 cm³/mol. The van der Waals surface area contributed by atoms with E-state index in [-0.39, 0.29) is 5.57 Å². The van der Waals surface area contributed by atoms with Gasteiger partial charge < -0.3 is 9.30 Å². The minimum atomic E-state index is -0.452. The number of nitrogens with zero attached hydrogens (tertiary/aromatic N) is 2. The van der Waals surface area contributed by atoms with Crippen LogP contribution in [0.2, 0.25) is 0 Å². The van der Waals surface area contributed by atoms with E-state index in [2.05, 4.69) is 5.43 Å². The van der Waals surface area contributed by atoms with Crippen LogP contribution in [0.15, 0.2) is 66.2 Å². The quantitative estimate of drug-likeness (QED) is 0.403. The number of aromatic nitrogens is 1. The van der Waals surface area contributed by atoms with Crippen molar-refractivity contribution in [1.29, 1.82) is 0 Å². The molecule has 1 fully saturated rings. The maximum Gasteiger partial charge on any atom is 0.337 e. The zero-order valence-electron chi connectivity index (χ0n) is 17.4. The van der Waals surface area contributed by atoms with E-state index in [1.807, 2.05) is 36.6 Å². The van der Waals surface area contributed by atoms with Gasteiger partial charge in [-0.15, -0.1) is 0 Å². The van der Waals surface area contributed by atoms with Gasteiger partial charge in [-0.2, -0.15) is 0 Å². The van der Waals surface area contributed by atoms with E-state index in [4.69, 9.17) is 4.74 Å². The first-order valence-electron chi connectivity index (χ1n) is 9.70. The smallest absolute Gasteiger partial charge is 0.337 e. The zero-order valence-corrected chi connectivity index (χ0v) is 17.4. The number of carbonyl (C=O) groups is 3. The lowest BCUT2D eigenvalue weighted by atomic mass is 10.1. The van der Waals surface area contributed by atoms with Crippen molar-refractivity contribution in [2.45, 2.75) is 13.8 Å². The molecule has 1 aliphatic heterocycles. The molecule has 0 radical (unpaired) electrons. The van der Waals surface area contributed by atoms with E-state index >= 15 is 0 Å². The molecule has 156 valence electrons. The third-order valence-electron chi connectivity index (χ3n) is 5.20. The summed E-state index contributed by atoms with van der Waals surface area (Å²) in [6, 6.07) is 17.9. The Hall–Kier alpha value is -4.13. The van der Waals surface area contributed by atoms with E-state index < -0.39 is 17.8 Å². The van der Waals surface area contributed by atoms with Gasteiger partial charge in [0, 0.05) is 17.1 Å². The monoisotopic (exact) mass is 415 g/mol. The summed E-state index contributed by atoms with van der Waals surface area (Å²) in [5, 5.41) is 1.24. The van der Waals surface area contributed by atoms with Crippen LogP contribution in [0, 0.1) is 13.8 Å². The molecule has 0 unspecified atom stereocenters. The lowest BCUT2D eigenvalue weighted by Gasteiger charge is -2.13. The average molecular weight is 415 g/mol. The number of aryl methyl sites for hydroxylation is 1.